The van der Waals surface area contributed by atoms with Gasteiger partial charge in [0.05, 0.1) is 18.0 Å². The predicted octanol–water partition coefficient (Wildman–Crippen LogP) is 5.89. The number of rotatable bonds is 12. The second-order valence-electron chi connectivity index (χ2n) is 8.93. The molecule has 1 aromatic heterocycles. The number of benzene rings is 2. The molecule has 39 heavy (non-hydrogen) atoms. The van der Waals surface area contributed by atoms with Gasteiger partial charge in [0.15, 0.2) is 11.5 Å². The molecule has 1 N–H and O–H groups in total. The molecule has 1 fully saturated rings. The molecule has 0 bridgehead atoms. The van der Waals surface area contributed by atoms with E-state index in [1.807, 2.05) is 0 Å². The fourth-order valence-electron chi connectivity index (χ4n) is 3.77. The summed E-state index contributed by atoms with van der Waals surface area (Å²) in [5, 5.41) is 20.8. The highest BCUT2D eigenvalue weighted by atomic mass is 35.5. The van der Waals surface area contributed by atoms with E-state index < -0.39 is 23.6 Å². The Bertz CT molecular complexity index is 1330. The van der Waals surface area contributed by atoms with Crippen LogP contribution >= 0.6 is 23.2 Å². The number of aromatic nitrogens is 1. The van der Waals surface area contributed by atoms with Crippen molar-refractivity contribution in [2.45, 2.75) is 38.4 Å². The lowest BCUT2D eigenvalue weighted by Crippen LogP contribution is -2.29. The molecule has 1 atom stereocenters. The molecule has 9 nitrogen and oxygen atoms in total. The molecule has 206 valence electrons. The topological polar surface area (TPSA) is 112 Å². The van der Waals surface area contributed by atoms with Crippen molar-refractivity contribution < 1.29 is 42.6 Å². The smallest absolute Gasteiger partial charge is 0.387 e. The summed E-state index contributed by atoms with van der Waals surface area (Å²) >= 11 is 12.6. The Kier molecular flexibility index (Phi) is 9.03. The van der Waals surface area contributed by atoms with E-state index in [1.165, 1.54) is 54.9 Å². The number of carbonyl (C=O) groups excluding carboxylic acids is 1. The number of hydrogen-bond donors (Lipinski definition) is 1. The van der Waals surface area contributed by atoms with Gasteiger partial charge in [-0.05, 0) is 42.0 Å². The number of ether oxygens (including phenoxy) is 3. The molecule has 0 radical (unpaired) electrons. The summed E-state index contributed by atoms with van der Waals surface area (Å²) in [6.45, 7) is -2.75. The Labute approximate surface area is 231 Å². The molecule has 2 aromatic carbocycles. The van der Waals surface area contributed by atoms with Gasteiger partial charge >= 0.3 is 12.6 Å². The normalized spacial score (nSPS) is 13.7. The van der Waals surface area contributed by atoms with Crippen LogP contribution in [0.15, 0.2) is 54.9 Å². The van der Waals surface area contributed by atoms with Gasteiger partial charge in [-0.15, -0.1) is 0 Å². The molecule has 0 saturated heterocycles. The summed E-state index contributed by atoms with van der Waals surface area (Å²) in [7, 11) is 0. The molecule has 0 spiro atoms. The molecule has 1 aliphatic carbocycles. The van der Waals surface area contributed by atoms with Crippen LogP contribution in [0.1, 0.15) is 35.6 Å². The first-order chi connectivity index (χ1) is 18.6. The quantitative estimate of drug-likeness (QED) is 0.0930. The Morgan fingerprint density at radius 3 is 2.36 bits per heavy atom. The van der Waals surface area contributed by atoms with Crippen molar-refractivity contribution in [2.24, 2.45) is 5.92 Å². The largest absolute Gasteiger partial charge is 0.489 e. The molecule has 3 aromatic rings. The van der Waals surface area contributed by atoms with Gasteiger partial charge in [0.2, 0.25) is 12.4 Å². The van der Waals surface area contributed by atoms with E-state index in [-0.39, 0.29) is 40.1 Å². The van der Waals surface area contributed by atoms with Gasteiger partial charge in [0, 0.05) is 28.8 Å². The Morgan fingerprint density at radius 2 is 1.77 bits per heavy atom. The van der Waals surface area contributed by atoms with Crippen LogP contribution in [-0.2, 0) is 22.4 Å². The fraction of sp³-hybridized carbons (Fsp3) is 0.308. The number of esters is 1. The molecule has 0 aliphatic heterocycles. The second kappa shape index (κ2) is 12.4. The van der Waals surface area contributed by atoms with Crippen LogP contribution in [0.2, 0.25) is 10.0 Å². The first-order valence-electron chi connectivity index (χ1n) is 11.8. The maximum Gasteiger partial charge on any atom is 0.387 e. The first kappa shape index (κ1) is 28.3. The predicted molar refractivity (Wildman–Crippen MR) is 134 cm³/mol. The molecule has 13 heteroatoms. The van der Waals surface area contributed by atoms with Gasteiger partial charge in [0.25, 0.3) is 5.69 Å². The number of nitro benzene ring substituents is 1. The first-order valence-corrected chi connectivity index (χ1v) is 12.6. The maximum atomic E-state index is 13.0. The van der Waals surface area contributed by atoms with Crippen molar-refractivity contribution in [3.63, 3.8) is 0 Å². The number of non-ortho nitro benzene ring substituents is 1. The third-order valence-electron chi connectivity index (χ3n) is 5.95. The summed E-state index contributed by atoms with van der Waals surface area (Å²) in [6.07, 6.45) is 3.15. The van der Waals surface area contributed by atoms with E-state index in [1.54, 1.807) is 0 Å². The highest BCUT2D eigenvalue weighted by molar-refractivity contribution is 6.35. The molecule has 0 amide bonds. The highest BCUT2D eigenvalue weighted by Crippen LogP contribution is 2.38. The number of carbonyl (C=O) groups is 1. The summed E-state index contributed by atoms with van der Waals surface area (Å²) in [5.74, 6) is -0.435. The lowest BCUT2D eigenvalue weighted by molar-refractivity contribution is -0.904. The lowest BCUT2D eigenvalue weighted by atomic mass is 10.0. The van der Waals surface area contributed by atoms with Crippen LogP contribution in [0.3, 0.4) is 0 Å². The number of alkyl halides is 2. The average Bonchev–Trinajstić information content (AvgIpc) is 3.69. The van der Waals surface area contributed by atoms with Crippen LogP contribution in [0, 0.1) is 16.0 Å². The van der Waals surface area contributed by atoms with E-state index in [0.717, 1.165) is 12.8 Å². The molecule has 0 unspecified atom stereocenters. The van der Waals surface area contributed by atoms with Gasteiger partial charge in [-0.2, -0.15) is 8.78 Å². The van der Waals surface area contributed by atoms with E-state index in [2.05, 4.69) is 4.74 Å². The molecule has 1 aliphatic rings. The van der Waals surface area contributed by atoms with Crippen LogP contribution in [0.5, 0.6) is 11.5 Å². The van der Waals surface area contributed by atoms with Crippen LogP contribution < -0.4 is 14.2 Å². The molecule has 4 rings (SSSR count). The SMILES string of the molecule is O=C(Cc1ccc([N+](=O)[O-])cc1)O[C@@H](Cc1c(Cl)c[n+](O)cc1Cl)c1ccc(OC(F)F)c(OCC2CC2)c1. The summed E-state index contributed by atoms with van der Waals surface area (Å²) < 4.78 is 42.8. The number of halogens is 4. The van der Waals surface area contributed by atoms with Crippen LogP contribution in [0.4, 0.5) is 14.5 Å². The zero-order valence-electron chi connectivity index (χ0n) is 20.3. The molecular formula is C26H23Cl2F2N2O7+. The average molecular weight is 584 g/mol. The maximum absolute atomic E-state index is 13.0. The van der Waals surface area contributed by atoms with E-state index in [0.29, 0.717) is 33.9 Å². The Balaban J connectivity index is 1.62. The Hall–Kier alpha value is -3.70. The van der Waals surface area contributed by atoms with Crippen LogP contribution in [-0.4, -0.2) is 29.3 Å². The number of pyridine rings is 1. The minimum absolute atomic E-state index is 0.0262. The zero-order chi connectivity index (χ0) is 28.1. The van der Waals surface area contributed by atoms with E-state index in [4.69, 9.17) is 32.7 Å². The van der Waals surface area contributed by atoms with Crippen molar-refractivity contribution in [3.8, 4) is 11.5 Å². The number of nitro groups is 1. The molecular weight excluding hydrogens is 561 g/mol. The highest BCUT2D eigenvalue weighted by Gasteiger charge is 2.27. The van der Waals surface area contributed by atoms with Gasteiger partial charge in [0.1, 0.15) is 16.1 Å². The summed E-state index contributed by atoms with van der Waals surface area (Å²) in [6, 6.07) is 9.66. The molecule has 1 saturated carbocycles. The standard InChI is InChI=1S/C26H23Cl2F2N2O7/c27-20-12-31(34)13-21(28)19(20)11-23(38-25(33)9-15-3-6-18(7-4-15)32(35)36)17-5-8-22(39-26(29)30)24(10-17)37-14-16-1-2-16/h3-8,10,12-13,16,23,26,34H,1-2,9,11,14H2/q+1/t23-/m0/s1. The minimum Gasteiger partial charge on any atom is -0.489 e. The number of hydrogen-bond acceptors (Lipinski definition) is 7. The van der Waals surface area contributed by atoms with E-state index in [9.17, 15) is 28.9 Å². The number of nitrogens with zero attached hydrogens (tertiary/aromatic N) is 2. The minimum atomic E-state index is -3.07. The zero-order valence-corrected chi connectivity index (χ0v) is 21.8. The summed E-state index contributed by atoms with van der Waals surface area (Å²) in [5.41, 5.74) is 1.12. The monoisotopic (exact) mass is 583 g/mol. The van der Waals surface area contributed by atoms with Crippen molar-refractivity contribution in [2.75, 3.05) is 6.61 Å². The second-order valence-corrected chi connectivity index (χ2v) is 9.75. The lowest BCUT2D eigenvalue weighted by Gasteiger charge is -2.21. The van der Waals surface area contributed by atoms with Crippen LogP contribution in [0.25, 0.3) is 0 Å². The Morgan fingerprint density at radius 1 is 1.10 bits per heavy atom. The van der Waals surface area contributed by atoms with Crippen molar-refractivity contribution in [1.29, 1.82) is 0 Å². The third-order valence-corrected chi connectivity index (χ3v) is 6.61. The van der Waals surface area contributed by atoms with Crippen molar-refractivity contribution in [1.82, 2.24) is 0 Å². The fourth-order valence-corrected chi connectivity index (χ4v) is 4.38. The van der Waals surface area contributed by atoms with Gasteiger partial charge < -0.3 is 14.2 Å². The van der Waals surface area contributed by atoms with Gasteiger partial charge in [-0.3, -0.25) is 20.1 Å². The van der Waals surface area contributed by atoms with Gasteiger partial charge in [-0.1, -0.05) is 41.4 Å². The van der Waals surface area contributed by atoms with E-state index >= 15 is 0 Å². The summed E-state index contributed by atoms with van der Waals surface area (Å²) in [4.78, 5) is 23.3. The third kappa shape index (κ3) is 7.90. The molecule has 1 heterocycles. The van der Waals surface area contributed by atoms with Crippen molar-refractivity contribution in [3.05, 3.63) is 91.7 Å². The van der Waals surface area contributed by atoms with Gasteiger partial charge in [-0.25, -0.2) is 0 Å². The van der Waals surface area contributed by atoms with Crippen molar-refractivity contribution >= 4 is 34.9 Å².